The normalized spacial score (nSPS) is 17.8. The van der Waals surface area contributed by atoms with E-state index in [0.717, 1.165) is 84.3 Å². The van der Waals surface area contributed by atoms with Crippen LogP contribution in [0.1, 0.15) is 63.7 Å². The van der Waals surface area contributed by atoms with Crippen LogP contribution in [0.4, 0.5) is 44.0 Å². The van der Waals surface area contributed by atoms with Gasteiger partial charge in [0.2, 0.25) is 0 Å². The monoisotopic (exact) mass is 1170 g/mol. The van der Waals surface area contributed by atoms with E-state index in [-0.39, 0.29) is 57.8 Å². The smallest absolute Gasteiger partial charge is 0.450 e. The molecular weight excluding hydrogens is 1110 g/mol. The zero-order valence-electron chi connectivity index (χ0n) is 47.2. The van der Waals surface area contributed by atoms with Crippen LogP contribution in [0.5, 0.6) is 0 Å². The topological polar surface area (TPSA) is 237 Å². The Labute approximate surface area is 481 Å². The van der Waals surface area contributed by atoms with Gasteiger partial charge >= 0.3 is 19.2 Å². The van der Waals surface area contributed by atoms with Crippen molar-refractivity contribution in [2.75, 3.05) is 56.4 Å². The van der Waals surface area contributed by atoms with Crippen LogP contribution in [0.3, 0.4) is 0 Å². The van der Waals surface area contributed by atoms with Crippen molar-refractivity contribution in [1.29, 1.82) is 0 Å². The number of halogens is 1. The third kappa shape index (κ3) is 10.9. The molecule has 8 aromatic heterocycles. The lowest BCUT2D eigenvalue weighted by Crippen LogP contribution is -2.48. The summed E-state index contributed by atoms with van der Waals surface area (Å²) in [5, 5.41) is 5.66. The largest absolute Gasteiger partial charge is 0.534 e. The van der Waals surface area contributed by atoms with Crippen molar-refractivity contribution in [1.82, 2.24) is 39.0 Å². The second kappa shape index (κ2) is 21.8. The molecule has 0 aliphatic carbocycles. The van der Waals surface area contributed by atoms with E-state index in [9.17, 15) is 19.2 Å². The molecule has 422 valence electrons. The summed E-state index contributed by atoms with van der Waals surface area (Å²) in [6.07, 6.45) is 11.8. The highest BCUT2D eigenvalue weighted by Crippen LogP contribution is 2.42. The predicted octanol–water partition coefficient (Wildman–Crippen LogP) is 8.57. The number of pyridine rings is 6. The van der Waals surface area contributed by atoms with E-state index in [0.29, 0.717) is 44.9 Å². The summed E-state index contributed by atoms with van der Waals surface area (Å²) < 4.78 is 26.2. The molecule has 4 amide bonds. The second-order valence-corrected chi connectivity index (χ2v) is 22.9. The number of carbonyl (C=O) groups is 2. The van der Waals surface area contributed by atoms with Gasteiger partial charge in [-0.3, -0.25) is 29.4 Å². The maximum atomic E-state index is 13.7. The number of aromatic nitrogens is 8. The Kier molecular flexibility index (Phi) is 14.7. The van der Waals surface area contributed by atoms with Gasteiger partial charge in [0.15, 0.2) is 34.8 Å². The van der Waals surface area contributed by atoms with E-state index >= 15 is 0 Å². The highest BCUT2D eigenvalue weighted by atomic mass is 79.9. The average Bonchev–Trinajstić information content (AvgIpc) is 4.04. The van der Waals surface area contributed by atoms with Crippen LogP contribution < -0.4 is 47.0 Å². The van der Waals surface area contributed by atoms with Crippen molar-refractivity contribution in [3.05, 3.63) is 146 Å². The van der Waals surface area contributed by atoms with Gasteiger partial charge < -0.3 is 47.7 Å². The first-order valence-electron chi connectivity index (χ1n) is 27.0. The Morgan fingerprint density at radius 1 is 0.622 bits per heavy atom. The first-order valence-corrected chi connectivity index (χ1v) is 27.7. The van der Waals surface area contributed by atoms with Gasteiger partial charge in [-0.05, 0) is 131 Å². The van der Waals surface area contributed by atoms with Crippen LogP contribution in [-0.2, 0) is 23.4 Å². The molecule has 0 spiro atoms. The molecule has 2 atom stereocenters. The highest BCUT2D eigenvalue weighted by molar-refractivity contribution is 9.10. The predicted molar refractivity (Wildman–Crippen MR) is 317 cm³/mol. The van der Waals surface area contributed by atoms with Crippen LogP contribution in [0.25, 0.3) is 33.8 Å². The Hall–Kier alpha value is -8.48. The number of oxazole rings is 2. The van der Waals surface area contributed by atoms with E-state index in [2.05, 4.69) is 56.3 Å². The number of hydrogen-bond acceptors (Lipinski definition) is 16. The summed E-state index contributed by atoms with van der Waals surface area (Å²) in [5.41, 5.74) is 7.47. The van der Waals surface area contributed by atoms with Gasteiger partial charge in [0.1, 0.15) is 11.4 Å². The lowest BCUT2D eigenvalue weighted by atomic mass is 9.87. The Morgan fingerprint density at radius 2 is 1.11 bits per heavy atom. The number of hydrogen-bond donors (Lipinski definition) is 2. The molecule has 24 heteroatoms. The molecule has 0 radical (unpaired) electrons. The maximum absolute atomic E-state index is 13.7. The number of urea groups is 2. The molecule has 0 saturated carbocycles. The molecule has 3 saturated heterocycles. The number of rotatable bonds is 6. The van der Waals surface area contributed by atoms with Gasteiger partial charge in [-0.1, -0.05) is 0 Å². The van der Waals surface area contributed by atoms with Gasteiger partial charge in [-0.15, -0.1) is 0 Å². The molecular formula is C58H62BBrN14O8. The average molecular weight is 1170 g/mol. The minimum Gasteiger partial charge on any atom is -0.450 e. The number of anilines is 6. The molecule has 0 unspecified atom stereocenters. The Morgan fingerprint density at radius 3 is 1.59 bits per heavy atom. The molecule has 5 aliphatic rings. The van der Waals surface area contributed by atoms with Crippen LogP contribution in [0, 0.1) is 27.7 Å². The fourth-order valence-corrected chi connectivity index (χ4v) is 11.2. The molecule has 5 aliphatic heterocycles. The molecule has 4 bridgehead atoms. The molecule has 13 rings (SSSR count). The van der Waals surface area contributed by atoms with Crippen molar-refractivity contribution in [2.24, 2.45) is 14.1 Å². The van der Waals surface area contributed by atoms with Gasteiger partial charge in [0.05, 0.1) is 58.4 Å². The summed E-state index contributed by atoms with van der Waals surface area (Å²) in [5.74, 6) is 2.87. The van der Waals surface area contributed by atoms with Crippen molar-refractivity contribution < 1.29 is 27.7 Å². The van der Waals surface area contributed by atoms with Crippen LogP contribution >= 0.6 is 15.9 Å². The number of fused-ring (bicyclic) bond motifs is 8. The van der Waals surface area contributed by atoms with E-state index in [1.165, 1.54) is 9.13 Å². The highest BCUT2D eigenvalue weighted by Gasteiger charge is 2.53. The summed E-state index contributed by atoms with van der Waals surface area (Å²) in [6.45, 7) is 18.7. The summed E-state index contributed by atoms with van der Waals surface area (Å²) >= 11 is 3.38. The van der Waals surface area contributed by atoms with Crippen molar-refractivity contribution >= 4 is 75.2 Å². The summed E-state index contributed by atoms with van der Waals surface area (Å²) in [6, 6.07) is 18.2. The Bertz CT molecular complexity index is 3900. The van der Waals surface area contributed by atoms with Crippen LogP contribution in [0.2, 0.25) is 0 Å². The van der Waals surface area contributed by atoms with Crippen molar-refractivity contribution in [2.45, 2.75) is 91.5 Å². The minimum atomic E-state index is -0.448. The second-order valence-electron chi connectivity index (χ2n) is 22.0. The molecule has 2 N–H and O–H groups in total. The molecule has 82 heavy (non-hydrogen) atoms. The number of aryl methyl sites for hydroxylation is 6. The van der Waals surface area contributed by atoms with Gasteiger partial charge in [-0.2, -0.15) is 0 Å². The standard InChI is InChI=1S/C26H25N7O3.C22H21BrN6O2.C10H16BNO3/c1-15-10-17(6-8-27-15)20-4-5-22-24(29-20)33(19-7-9-32(22)14-19)26(35)30-21-11-18(13-31(3)25(21)34)23-12-28-16(2)36-23;1-13-9-14(5-7-24-13)17-3-4-19-20(25-17)29(16-6-8-28(19)12-16)22(31)26-18-10-15(23)11-27(2)21(18)30;1-7-12-6-8(13-7)11-14-9(2,3)10(4,5)15-11/h4-6,8,10-13,19H,7,9,14H2,1-3H3,(H,30,35);3-5,7,9-11,16H,6,8,12H2,1-2H3,(H,26,31);6H,1-5H3/t19-;16-;/m00./s1. The molecule has 8 aromatic rings. The van der Waals surface area contributed by atoms with Crippen molar-refractivity contribution in [3.63, 3.8) is 0 Å². The first kappa shape index (κ1) is 55.4. The third-order valence-electron chi connectivity index (χ3n) is 15.6. The van der Waals surface area contributed by atoms with E-state index in [1.54, 1.807) is 87.1 Å². The lowest BCUT2D eigenvalue weighted by Gasteiger charge is -2.35. The fourth-order valence-electron chi connectivity index (χ4n) is 10.7. The maximum Gasteiger partial charge on any atom is 0.534 e. The number of nitrogens with zero attached hydrogens (tertiary/aromatic N) is 12. The fraction of sp³-hybridized carbons (Fsp3) is 0.345. The third-order valence-corrected chi connectivity index (χ3v) is 16.0. The number of carbonyl (C=O) groups excluding carboxylic acids is 2. The minimum absolute atomic E-state index is 0.00503. The molecule has 22 nitrogen and oxygen atoms in total. The number of amides is 4. The molecule has 13 heterocycles. The van der Waals surface area contributed by atoms with Crippen LogP contribution in [0.15, 0.2) is 121 Å². The van der Waals surface area contributed by atoms with Crippen molar-refractivity contribution in [3.8, 4) is 33.8 Å². The molecule has 0 aromatic carbocycles. The first-order chi connectivity index (χ1) is 39.1. The van der Waals surface area contributed by atoms with Gasteiger partial charge in [-0.25, -0.2) is 29.5 Å². The van der Waals surface area contributed by atoms with E-state index in [1.807, 2.05) is 90.1 Å². The molecule has 3 fully saturated rings. The SMILES string of the molecule is Cc1cc(-c2ccc3c(n2)N(C(=O)Nc2cc(-c4cnc(C)o4)cn(C)c2=O)[C@H]2CCN3C2)ccn1.Cc1cc(-c2ccc3c(n2)N(C(=O)Nc2cc(Br)cn(C)c2=O)[C@H]2CCN3C2)ccn1.Cc1ncc(B2OC(C)(C)C(C)(C)O2)o1. The summed E-state index contributed by atoms with van der Waals surface area (Å²) in [4.78, 5) is 86.9. The van der Waals surface area contributed by atoms with Gasteiger partial charge in [0, 0.05) is 111 Å². The van der Waals surface area contributed by atoms with Crippen LogP contribution in [-0.4, -0.2) is 108 Å². The zero-order valence-corrected chi connectivity index (χ0v) is 48.8. The number of nitrogens with one attached hydrogen (secondary N) is 2. The summed E-state index contributed by atoms with van der Waals surface area (Å²) in [7, 11) is 2.84. The van der Waals surface area contributed by atoms with E-state index < -0.39 is 7.12 Å². The van der Waals surface area contributed by atoms with E-state index in [4.69, 9.17) is 28.1 Å². The van der Waals surface area contributed by atoms with Gasteiger partial charge in [0.25, 0.3) is 11.1 Å². The quantitative estimate of drug-likeness (QED) is 0.148. The Balaban J connectivity index is 0.000000139. The lowest BCUT2D eigenvalue weighted by molar-refractivity contribution is 0.00578. The zero-order chi connectivity index (χ0) is 57.9.